The van der Waals surface area contributed by atoms with Gasteiger partial charge in [-0.25, -0.2) is 8.78 Å². The number of rotatable bonds is 5. The van der Waals surface area contributed by atoms with E-state index in [0.717, 1.165) is 49.7 Å². The standard InChI is InChI=1S/C20H26N2O2.C19H20F2N2O.C2H6/c1-22-13-12-21-18(10-11-20(22)23)16-7-5-6-15(14-16)17-8-3-4-9-19(17)24-2;1-23-11-10-22-17(8-9-18(23)24)14-5-2-4-13(12-14)15-6-3-7-16(20)19(15)21;1-2/h5-9,14,18,21H,3-4,10-13H2,1-2H3;2-7,12,17,22H,8-11H2,1H3;1-2H3/t18-;17-;/m11./s1. The van der Waals surface area contributed by atoms with Crippen molar-refractivity contribution in [3.63, 3.8) is 0 Å². The number of methoxy groups -OCH3 is 1. The molecule has 2 saturated heterocycles. The number of carbonyl (C=O) groups is 2. The molecule has 2 atom stereocenters. The lowest BCUT2D eigenvalue weighted by Gasteiger charge is -2.27. The van der Waals surface area contributed by atoms with Gasteiger partial charge in [-0.05, 0) is 72.2 Å². The second kappa shape index (κ2) is 19.2. The molecular weight excluding hydrogens is 634 g/mol. The Morgan fingerprint density at radius 2 is 1.24 bits per heavy atom. The Labute approximate surface area is 296 Å². The normalized spacial score (nSPS) is 20.0. The van der Waals surface area contributed by atoms with Gasteiger partial charge in [-0.15, -0.1) is 0 Å². The van der Waals surface area contributed by atoms with Crippen LogP contribution in [0.2, 0.25) is 0 Å². The summed E-state index contributed by atoms with van der Waals surface area (Å²) in [4.78, 5) is 27.5. The topological polar surface area (TPSA) is 73.9 Å². The zero-order valence-corrected chi connectivity index (χ0v) is 30.1. The third-order valence-corrected chi connectivity index (χ3v) is 9.30. The summed E-state index contributed by atoms with van der Waals surface area (Å²) >= 11 is 0. The number of halogens is 2. The molecule has 2 aliphatic heterocycles. The van der Waals surface area contributed by atoms with Crippen molar-refractivity contribution in [1.29, 1.82) is 0 Å². The minimum absolute atomic E-state index is 0.0271. The fraction of sp³-hybridized carbons (Fsp3) is 0.415. The molecule has 268 valence electrons. The van der Waals surface area contributed by atoms with Crippen molar-refractivity contribution >= 4 is 17.4 Å². The summed E-state index contributed by atoms with van der Waals surface area (Å²) in [7, 11) is 5.41. The molecule has 6 rings (SSSR count). The Balaban J connectivity index is 0.000000214. The molecule has 7 nitrogen and oxygen atoms in total. The Morgan fingerprint density at radius 1 is 0.720 bits per heavy atom. The van der Waals surface area contributed by atoms with Crippen LogP contribution in [-0.4, -0.2) is 69.0 Å². The van der Waals surface area contributed by atoms with Crippen LogP contribution >= 0.6 is 0 Å². The molecule has 2 heterocycles. The van der Waals surface area contributed by atoms with Gasteiger partial charge >= 0.3 is 0 Å². The lowest BCUT2D eigenvalue weighted by atomic mass is 9.93. The van der Waals surface area contributed by atoms with Gasteiger partial charge in [-0.1, -0.05) is 68.5 Å². The van der Waals surface area contributed by atoms with E-state index in [9.17, 15) is 18.4 Å². The molecule has 2 fully saturated rings. The lowest BCUT2D eigenvalue weighted by Crippen LogP contribution is -2.38. The molecule has 0 radical (unpaired) electrons. The van der Waals surface area contributed by atoms with Crippen molar-refractivity contribution in [2.24, 2.45) is 0 Å². The summed E-state index contributed by atoms with van der Waals surface area (Å²) in [6.07, 6.45) is 9.06. The van der Waals surface area contributed by atoms with Gasteiger partial charge in [0.05, 0.1) is 7.11 Å². The molecule has 9 heteroatoms. The molecule has 3 aromatic rings. The maximum Gasteiger partial charge on any atom is 0.222 e. The summed E-state index contributed by atoms with van der Waals surface area (Å²) in [5, 5.41) is 7.02. The van der Waals surface area contributed by atoms with E-state index in [0.29, 0.717) is 37.9 Å². The predicted octanol–water partition coefficient (Wildman–Crippen LogP) is 7.82. The Kier molecular flexibility index (Phi) is 14.7. The zero-order valence-electron chi connectivity index (χ0n) is 30.1. The smallest absolute Gasteiger partial charge is 0.222 e. The van der Waals surface area contributed by atoms with E-state index in [4.69, 9.17) is 4.74 Å². The monoisotopic (exact) mass is 686 g/mol. The van der Waals surface area contributed by atoms with Crippen LogP contribution in [0, 0.1) is 11.6 Å². The van der Waals surface area contributed by atoms with Crippen LogP contribution in [0.15, 0.2) is 84.6 Å². The van der Waals surface area contributed by atoms with Crippen molar-refractivity contribution in [3.05, 3.63) is 113 Å². The first-order chi connectivity index (χ1) is 24.2. The van der Waals surface area contributed by atoms with Crippen molar-refractivity contribution in [1.82, 2.24) is 20.4 Å². The van der Waals surface area contributed by atoms with E-state index in [1.807, 2.05) is 44.0 Å². The highest BCUT2D eigenvalue weighted by Gasteiger charge is 2.21. The number of benzene rings is 3. The highest BCUT2D eigenvalue weighted by atomic mass is 19.2. The van der Waals surface area contributed by atoms with Crippen molar-refractivity contribution < 1.29 is 23.1 Å². The second-order valence-corrected chi connectivity index (χ2v) is 12.5. The van der Waals surface area contributed by atoms with Crippen LogP contribution in [0.1, 0.15) is 81.1 Å². The number of ether oxygens (including phenoxy) is 1. The largest absolute Gasteiger partial charge is 0.496 e. The highest BCUT2D eigenvalue weighted by Crippen LogP contribution is 2.32. The first kappa shape index (κ1) is 38.5. The van der Waals surface area contributed by atoms with Gasteiger partial charge in [0.2, 0.25) is 11.8 Å². The van der Waals surface area contributed by atoms with E-state index < -0.39 is 11.6 Å². The number of amides is 2. The maximum atomic E-state index is 14.0. The minimum Gasteiger partial charge on any atom is -0.496 e. The van der Waals surface area contributed by atoms with Gasteiger partial charge in [0.1, 0.15) is 5.76 Å². The number of hydrogen-bond donors (Lipinski definition) is 2. The minimum atomic E-state index is -0.851. The van der Waals surface area contributed by atoms with Crippen LogP contribution in [0.3, 0.4) is 0 Å². The summed E-state index contributed by atoms with van der Waals surface area (Å²) in [6, 6.07) is 20.5. The average Bonchev–Trinajstić information content (AvgIpc) is 3.14. The van der Waals surface area contributed by atoms with E-state index in [1.54, 1.807) is 31.2 Å². The quantitative estimate of drug-likeness (QED) is 0.287. The fourth-order valence-electron chi connectivity index (χ4n) is 6.43. The lowest BCUT2D eigenvalue weighted by molar-refractivity contribution is -0.131. The van der Waals surface area contributed by atoms with E-state index in [2.05, 4.69) is 47.1 Å². The van der Waals surface area contributed by atoms with Crippen LogP contribution in [0.4, 0.5) is 8.78 Å². The highest BCUT2D eigenvalue weighted by molar-refractivity contribution is 5.79. The van der Waals surface area contributed by atoms with Gasteiger partial charge in [0.15, 0.2) is 11.6 Å². The van der Waals surface area contributed by atoms with Crippen LogP contribution in [0.5, 0.6) is 0 Å². The van der Waals surface area contributed by atoms with Crippen LogP contribution in [0.25, 0.3) is 16.7 Å². The molecule has 2 amide bonds. The molecule has 2 N–H and O–H groups in total. The number of carbonyl (C=O) groups excluding carboxylic acids is 2. The maximum absolute atomic E-state index is 14.0. The van der Waals surface area contributed by atoms with Gasteiger partial charge in [-0.3, -0.25) is 9.59 Å². The van der Waals surface area contributed by atoms with E-state index in [-0.39, 0.29) is 29.5 Å². The van der Waals surface area contributed by atoms with E-state index in [1.165, 1.54) is 22.8 Å². The van der Waals surface area contributed by atoms with Gasteiger partial charge < -0.3 is 25.2 Å². The van der Waals surface area contributed by atoms with Gasteiger partial charge in [-0.2, -0.15) is 0 Å². The second-order valence-electron chi connectivity index (χ2n) is 12.5. The molecule has 0 bridgehead atoms. The van der Waals surface area contributed by atoms with Crippen molar-refractivity contribution in [2.75, 3.05) is 47.4 Å². The average molecular weight is 687 g/mol. The number of nitrogens with one attached hydrogen (secondary N) is 2. The van der Waals surface area contributed by atoms with Crippen LogP contribution < -0.4 is 10.6 Å². The molecule has 0 saturated carbocycles. The molecular formula is C41H52F2N4O3. The molecule has 3 aliphatic rings. The predicted molar refractivity (Wildman–Crippen MR) is 197 cm³/mol. The van der Waals surface area contributed by atoms with Crippen molar-refractivity contribution in [2.45, 2.75) is 64.5 Å². The third-order valence-electron chi connectivity index (χ3n) is 9.30. The summed E-state index contributed by atoms with van der Waals surface area (Å²) < 4.78 is 33.0. The molecule has 3 aromatic carbocycles. The molecule has 0 aromatic heterocycles. The zero-order chi connectivity index (χ0) is 36.0. The van der Waals surface area contributed by atoms with Crippen molar-refractivity contribution in [3.8, 4) is 11.1 Å². The van der Waals surface area contributed by atoms with E-state index >= 15 is 0 Å². The molecule has 1 aliphatic carbocycles. The molecule has 50 heavy (non-hydrogen) atoms. The summed E-state index contributed by atoms with van der Waals surface area (Å²) in [5.41, 5.74) is 5.47. The first-order valence-electron chi connectivity index (χ1n) is 17.8. The number of nitrogens with zero attached hydrogens (tertiary/aromatic N) is 2. The van der Waals surface area contributed by atoms with Gasteiger partial charge in [0.25, 0.3) is 0 Å². The summed E-state index contributed by atoms with van der Waals surface area (Å²) in [5.74, 6) is -0.361. The van der Waals surface area contributed by atoms with Gasteiger partial charge in [0, 0.05) is 76.3 Å². The summed E-state index contributed by atoms with van der Waals surface area (Å²) in [6.45, 7) is 6.94. The van der Waals surface area contributed by atoms with Crippen LogP contribution in [-0.2, 0) is 14.3 Å². The number of likely N-dealkylation sites (N-methyl/N-ethyl adjacent to an activating group) is 2. The number of allylic oxidation sites excluding steroid dienone is 3. The fourth-order valence-corrected chi connectivity index (χ4v) is 6.43. The molecule has 0 spiro atoms. The Hall–Kier alpha value is -4.34. The Morgan fingerprint density at radius 3 is 1.82 bits per heavy atom. The molecule has 0 unspecified atom stereocenters. The number of hydrogen-bond acceptors (Lipinski definition) is 5. The SMILES string of the molecule is CC.CN1CCN[C@@H](c2cccc(-c3cccc(F)c3F)c2)CCC1=O.COC1=CCCC=C1c1cccc([C@H]2CCC(=O)N(C)CCN2)c1. The third kappa shape index (κ3) is 10.1. The Bertz CT molecular complexity index is 1660. The first-order valence-corrected chi connectivity index (χ1v) is 17.8.